The van der Waals surface area contributed by atoms with Crippen LogP contribution in [0, 0.1) is 5.92 Å². The molecule has 0 spiro atoms. The minimum absolute atomic E-state index is 0.0772. The molecule has 1 N–H and O–H groups in total. The minimum atomic E-state index is 0.0772. The smallest absolute Gasteiger partial charge is 0.222 e. The standard InChI is InChI=1S/C18H28N2O3/c1-22-12-10-20-9-7-17(14-20)13-19-18(21)8-11-23-15-16-5-3-2-4-6-16/h2-6,17H,7-15H2,1H3,(H,19,21). The molecule has 1 saturated heterocycles. The molecule has 1 aromatic carbocycles. The third-order valence-electron chi connectivity index (χ3n) is 4.15. The molecule has 1 fully saturated rings. The van der Waals surface area contributed by atoms with E-state index in [1.165, 1.54) is 0 Å². The highest BCUT2D eigenvalue weighted by Gasteiger charge is 2.22. The van der Waals surface area contributed by atoms with E-state index in [0.29, 0.717) is 25.6 Å². The largest absolute Gasteiger partial charge is 0.383 e. The van der Waals surface area contributed by atoms with Crippen LogP contribution in [-0.2, 0) is 20.9 Å². The molecule has 23 heavy (non-hydrogen) atoms. The van der Waals surface area contributed by atoms with E-state index in [1.807, 2.05) is 30.3 Å². The monoisotopic (exact) mass is 320 g/mol. The molecule has 0 saturated carbocycles. The number of nitrogens with zero attached hydrogens (tertiary/aromatic N) is 1. The predicted octanol–water partition coefficient (Wildman–Crippen LogP) is 1.68. The van der Waals surface area contributed by atoms with Crippen LogP contribution in [-0.4, -0.2) is 57.3 Å². The number of carbonyl (C=O) groups is 1. The van der Waals surface area contributed by atoms with Gasteiger partial charge in [-0.2, -0.15) is 0 Å². The topological polar surface area (TPSA) is 50.8 Å². The van der Waals surface area contributed by atoms with Gasteiger partial charge >= 0.3 is 0 Å². The van der Waals surface area contributed by atoms with E-state index in [2.05, 4.69) is 10.2 Å². The Labute approximate surface area is 139 Å². The Balaban J connectivity index is 1.50. The van der Waals surface area contributed by atoms with Gasteiger partial charge in [0.05, 0.1) is 19.8 Å². The molecule has 1 amide bonds. The molecule has 0 aliphatic carbocycles. The maximum absolute atomic E-state index is 11.8. The zero-order valence-corrected chi connectivity index (χ0v) is 14.0. The number of benzene rings is 1. The highest BCUT2D eigenvalue weighted by molar-refractivity contribution is 5.75. The fourth-order valence-electron chi connectivity index (χ4n) is 2.78. The van der Waals surface area contributed by atoms with Crippen LogP contribution < -0.4 is 5.32 Å². The summed E-state index contributed by atoms with van der Waals surface area (Å²) in [6.45, 7) is 5.70. The number of likely N-dealkylation sites (tertiary alicyclic amines) is 1. The van der Waals surface area contributed by atoms with Crippen molar-refractivity contribution < 1.29 is 14.3 Å². The number of carbonyl (C=O) groups excluding carboxylic acids is 1. The molecule has 5 heteroatoms. The summed E-state index contributed by atoms with van der Waals surface area (Å²) in [4.78, 5) is 14.2. The Morgan fingerprint density at radius 3 is 2.91 bits per heavy atom. The second-order valence-electron chi connectivity index (χ2n) is 6.04. The average Bonchev–Trinajstić information content (AvgIpc) is 3.04. The Bertz CT molecular complexity index is 453. The van der Waals surface area contributed by atoms with Gasteiger partial charge in [-0.3, -0.25) is 4.79 Å². The number of rotatable bonds is 10. The van der Waals surface area contributed by atoms with Gasteiger partial charge in [-0.1, -0.05) is 30.3 Å². The Morgan fingerprint density at radius 1 is 1.30 bits per heavy atom. The van der Waals surface area contributed by atoms with Crippen molar-refractivity contribution >= 4 is 5.91 Å². The molecular weight excluding hydrogens is 292 g/mol. The highest BCUT2D eigenvalue weighted by atomic mass is 16.5. The molecule has 1 unspecified atom stereocenters. The second kappa shape index (κ2) is 10.4. The number of nitrogens with one attached hydrogen (secondary N) is 1. The minimum Gasteiger partial charge on any atom is -0.383 e. The molecule has 1 aliphatic heterocycles. The summed E-state index contributed by atoms with van der Waals surface area (Å²) in [5.41, 5.74) is 1.13. The fourth-order valence-corrected chi connectivity index (χ4v) is 2.78. The van der Waals surface area contributed by atoms with E-state index in [4.69, 9.17) is 9.47 Å². The zero-order chi connectivity index (χ0) is 16.3. The molecule has 1 aromatic rings. The van der Waals surface area contributed by atoms with Crippen LogP contribution in [0.3, 0.4) is 0 Å². The lowest BCUT2D eigenvalue weighted by Crippen LogP contribution is -2.32. The van der Waals surface area contributed by atoms with Gasteiger partial charge in [0, 0.05) is 33.2 Å². The van der Waals surface area contributed by atoms with Gasteiger partial charge in [-0.15, -0.1) is 0 Å². The van der Waals surface area contributed by atoms with Crippen molar-refractivity contribution in [3.63, 3.8) is 0 Å². The van der Waals surface area contributed by atoms with Gasteiger partial charge in [0.2, 0.25) is 5.91 Å². The van der Waals surface area contributed by atoms with Gasteiger partial charge in [-0.05, 0) is 24.4 Å². The molecule has 0 bridgehead atoms. The van der Waals surface area contributed by atoms with Gasteiger partial charge in [0.25, 0.3) is 0 Å². The van der Waals surface area contributed by atoms with Crippen molar-refractivity contribution in [1.82, 2.24) is 10.2 Å². The number of ether oxygens (including phenoxy) is 2. The highest BCUT2D eigenvalue weighted by Crippen LogP contribution is 2.14. The van der Waals surface area contributed by atoms with Crippen LogP contribution in [0.2, 0.25) is 0 Å². The molecule has 0 radical (unpaired) electrons. The Morgan fingerprint density at radius 2 is 2.13 bits per heavy atom. The van der Waals surface area contributed by atoms with Crippen molar-refractivity contribution in [1.29, 1.82) is 0 Å². The maximum Gasteiger partial charge on any atom is 0.222 e. The van der Waals surface area contributed by atoms with Crippen LogP contribution in [0.1, 0.15) is 18.4 Å². The predicted molar refractivity (Wildman–Crippen MR) is 90.1 cm³/mol. The average molecular weight is 320 g/mol. The van der Waals surface area contributed by atoms with Gasteiger partial charge in [-0.25, -0.2) is 0 Å². The fraction of sp³-hybridized carbons (Fsp3) is 0.611. The van der Waals surface area contributed by atoms with Crippen LogP contribution in [0.15, 0.2) is 30.3 Å². The van der Waals surface area contributed by atoms with Crippen LogP contribution >= 0.6 is 0 Å². The molecule has 128 valence electrons. The summed E-state index contributed by atoms with van der Waals surface area (Å²) in [6, 6.07) is 10.0. The SMILES string of the molecule is COCCN1CCC(CNC(=O)CCOCc2ccccc2)C1. The Hall–Kier alpha value is -1.43. The lowest BCUT2D eigenvalue weighted by Gasteiger charge is -2.15. The van der Waals surface area contributed by atoms with E-state index in [9.17, 15) is 4.79 Å². The maximum atomic E-state index is 11.8. The number of amides is 1. The summed E-state index contributed by atoms with van der Waals surface area (Å²) in [7, 11) is 1.73. The van der Waals surface area contributed by atoms with Crippen LogP contribution in [0.25, 0.3) is 0 Å². The molecular formula is C18H28N2O3. The van der Waals surface area contributed by atoms with E-state index >= 15 is 0 Å². The number of hydrogen-bond donors (Lipinski definition) is 1. The van der Waals surface area contributed by atoms with Gasteiger partial charge in [0.15, 0.2) is 0 Å². The van der Waals surface area contributed by atoms with Crippen molar-refractivity contribution in [3.05, 3.63) is 35.9 Å². The van der Waals surface area contributed by atoms with Crippen molar-refractivity contribution in [2.24, 2.45) is 5.92 Å². The molecule has 1 heterocycles. The van der Waals surface area contributed by atoms with Crippen LogP contribution in [0.5, 0.6) is 0 Å². The third kappa shape index (κ3) is 7.12. The Kier molecular flexibility index (Phi) is 8.07. The van der Waals surface area contributed by atoms with Gasteiger partial charge in [0.1, 0.15) is 0 Å². The van der Waals surface area contributed by atoms with Gasteiger partial charge < -0.3 is 19.7 Å². The van der Waals surface area contributed by atoms with E-state index < -0.39 is 0 Å². The van der Waals surface area contributed by atoms with Crippen molar-refractivity contribution in [3.8, 4) is 0 Å². The summed E-state index contributed by atoms with van der Waals surface area (Å²) in [5.74, 6) is 0.634. The van der Waals surface area contributed by atoms with Crippen molar-refractivity contribution in [2.45, 2.75) is 19.4 Å². The first kappa shape index (κ1) is 17.9. The summed E-state index contributed by atoms with van der Waals surface area (Å²) in [5, 5.41) is 3.02. The van der Waals surface area contributed by atoms with E-state index in [-0.39, 0.29) is 5.91 Å². The third-order valence-corrected chi connectivity index (χ3v) is 4.15. The summed E-state index contributed by atoms with van der Waals surface area (Å²) < 4.78 is 10.6. The number of hydrogen-bond acceptors (Lipinski definition) is 4. The molecule has 0 aromatic heterocycles. The molecule has 1 atom stereocenters. The zero-order valence-electron chi connectivity index (χ0n) is 14.0. The van der Waals surface area contributed by atoms with E-state index in [0.717, 1.165) is 44.8 Å². The van der Waals surface area contributed by atoms with Crippen LogP contribution in [0.4, 0.5) is 0 Å². The molecule has 1 aliphatic rings. The first-order valence-corrected chi connectivity index (χ1v) is 8.37. The van der Waals surface area contributed by atoms with Crippen molar-refractivity contribution in [2.75, 3.05) is 46.5 Å². The normalized spacial score (nSPS) is 18.2. The molecule has 2 rings (SSSR count). The lowest BCUT2D eigenvalue weighted by atomic mass is 10.1. The number of methoxy groups -OCH3 is 1. The summed E-state index contributed by atoms with van der Waals surface area (Å²) >= 11 is 0. The quantitative estimate of drug-likeness (QED) is 0.667. The first-order valence-electron chi connectivity index (χ1n) is 8.37. The molecule has 5 nitrogen and oxygen atoms in total. The second-order valence-corrected chi connectivity index (χ2v) is 6.04. The summed E-state index contributed by atoms with van der Waals surface area (Å²) in [6.07, 6.45) is 1.57. The van der Waals surface area contributed by atoms with E-state index in [1.54, 1.807) is 7.11 Å². The lowest BCUT2D eigenvalue weighted by molar-refractivity contribution is -0.122. The first-order chi connectivity index (χ1) is 11.3.